The van der Waals surface area contributed by atoms with Gasteiger partial charge in [-0.2, -0.15) is 13.1 Å². The molecule has 2 aromatic carbocycles. The Morgan fingerprint density at radius 1 is 1.03 bits per heavy atom. The van der Waals surface area contributed by atoms with Gasteiger partial charge in [0, 0.05) is 23.5 Å². The molecule has 0 atom stereocenters. The number of para-hydroxylation sites is 1. The lowest BCUT2D eigenvalue weighted by Crippen LogP contribution is -2.32. The number of benzene rings is 2. The molecule has 0 saturated carbocycles. The van der Waals surface area contributed by atoms with E-state index in [0.717, 1.165) is 33.1 Å². The molecule has 0 unspecified atom stereocenters. The average Bonchev–Trinajstić information content (AvgIpc) is 3.46. The Kier molecular flexibility index (Phi) is 5.38. The van der Waals surface area contributed by atoms with Gasteiger partial charge in [-0.15, -0.1) is 11.3 Å². The van der Waals surface area contributed by atoms with Crippen molar-refractivity contribution in [1.82, 2.24) is 18.0 Å². The first-order valence-corrected chi connectivity index (χ1v) is 12.8. The topological polar surface area (TPSA) is 96.0 Å². The Labute approximate surface area is 192 Å². The second-order valence-corrected chi connectivity index (χ2v) is 10.9. The molecule has 0 aliphatic carbocycles. The summed E-state index contributed by atoms with van der Waals surface area (Å²) in [5, 5.41) is 2.76. The molecular formula is C22H18N4O3S3. The van der Waals surface area contributed by atoms with Gasteiger partial charge in [0.2, 0.25) is 10.0 Å². The van der Waals surface area contributed by atoms with Gasteiger partial charge in [-0.25, -0.2) is 8.42 Å². The van der Waals surface area contributed by atoms with Gasteiger partial charge in [-0.3, -0.25) is 4.79 Å². The summed E-state index contributed by atoms with van der Waals surface area (Å²) in [6.07, 6.45) is 0. The van der Waals surface area contributed by atoms with Crippen molar-refractivity contribution < 1.29 is 8.42 Å². The van der Waals surface area contributed by atoms with Gasteiger partial charge in [-0.1, -0.05) is 30.3 Å². The van der Waals surface area contributed by atoms with Crippen LogP contribution < -0.4 is 5.56 Å². The van der Waals surface area contributed by atoms with E-state index in [1.54, 1.807) is 18.2 Å². The lowest BCUT2D eigenvalue weighted by Gasteiger charge is -2.22. The van der Waals surface area contributed by atoms with E-state index in [-0.39, 0.29) is 23.5 Å². The van der Waals surface area contributed by atoms with Crippen LogP contribution in [0.4, 0.5) is 0 Å². The normalized spacial score (nSPS) is 12.2. The van der Waals surface area contributed by atoms with Gasteiger partial charge in [-0.05, 0) is 47.5 Å². The maximum Gasteiger partial charge on any atom is 0.252 e. The third kappa shape index (κ3) is 3.75. The van der Waals surface area contributed by atoms with Crippen LogP contribution in [0.25, 0.3) is 21.9 Å². The van der Waals surface area contributed by atoms with E-state index in [1.165, 1.54) is 21.7 Å². The summed E-state index contributed by atoms with van der Waals surface area (Å²) < 4.78 is 37.2. The van der Waals surface area contributed by atoms with Crippen LogP contribution in [-0.2, 0) is 23.1 Å². The Bertz CT molecular complexity index is 1590. The molecule has 0 aliphatic heterocycles. The first kappa shape index (κ1) is 21.0. The fourth-order valence-corrected chi connectivity index (χ4v) is 6.62. The lowest BCUT2D eigenvalue weighted by atomic mass is 10.1. The number of rotatable bonds is 6. The molecule has 0 radical (unpaired) electrons. The highest BCUT2D eigenvalue weighted by atomic mass is 32.2. The zero-order valence-corrected chi connectivity index (χ0v) is 19.4. The number of sulfonamides is 1. The Morgan fingerprint density at radius 2 is 1.88 bits per heavy atom. The van der Waals surface area contributed by atoms with Gasteiger partial charge >= 0.3 is 0 Å². The van der Waals surface area contributed by atoms with Crippen LogP contribution in [0.2, 0.25) is 0 Å². The molecule has 0 amide bonds. The van der Waals surface area contributed by atoms with E-state index < -0.39 is 10.0 Å². The summed E-state index contributed by atoms with van der Waals surface area (Å²) in [5.41, 5.74) is 2.67. The second kappa shape index (κ2) is 8.21. The summed E-state index contributed by atoms with van der Waals surface area (Å²) in [7, 11) is -3.96. The van der Waals surface area contributed by atoms with Crippen molar-refractivity contribution in [3.63, 3.8) is 0 Å². The fourth-order valence-electron chi connectivity index (χ4n) is 3.67. The van der Waals surface area contributed by atoms with Gasteiger partial charge in [0.25, 0.3) is 5.56 Å². The Hall–Kier alpha value is -2.92. The third-order valence-corrected chi connectivity index (χ3v) is 8.52. The van der Waals surface area contributed by atoms with E-state index in [9.17, 15) is 13.2 Å². The van der Waals surface area contributed by atoms with Crippen LogP contribution in [0.3, 0.4) is 0 Å². The number of fused-ring (bicyclic) bond motifs is 2. The monoisotopic (exact) mass is 482 g/mol. The van der Waals surface area contributed by atoms with Crippen LogP contribution in [0.1, 0.15) is 16.0 Å². The van der Waals surface area contributed by atoms with Gasteiger partial charge < -0.3 is 4.98 Å². The van der Waals surface area contributed by atoms with E-state index in [0.29, 0.717) is 16.6 Å². The van der Waals surface area contributed by atoms with Crippen molar-refractivity contribution in [1.29, 1.82) is 0 Å². The number of nitrogens with one attached hydrogen (secondary N) is 1. The average molecular weight is 483 g/mol. The van der Waals surface area contributed by atoms with Gasteiger partial charge in [0.1, 0.15) is 15.9 Å². The van der Waals surface area contributed by atoms with E-state index in [4.69, 9.17) is 0 Å². The minimum Gasteiger partial charge on any atom is -0.321 e. The summed E-state index contributed by atoms with van der Waals surface area (Å²) in [6.45, 7) is 2.01. The first-order valence-electron chi connectivity index (χ1n) is 9.79. The lowest BCUT2D eigenvalue weighted by molar-refractivity contribution is 0.403. The number of thiophene rings is 1. The van der Waals surface area contributed by atoms with Crippen LogP contribution in [0.5, 0.6) is 0 Å². The molecule has 5 aromatic rings. The van der Waals surface area contributed by atoms with Gasteiger partial charge in [0.05, 0.1) is 17.2 Å². The van der Waals surface area contributed by atoms with Crippen LogP contribution >= 0.6 is 23.1 Å². The molecule has 3 aromatic heterocycles. The van der Waals surface area contributed by atoms with Crippen molar-refractivity contribution in [3.8, 4) is 0 Å². The molecule has 32 heavy (non-hydrogen) atoms. The smallest absolute Gasteiger partial charge is 0.252 e. The maximum absolute atomic E-state index is 13.8. The predicted octanol–water partition coefficient (Wildman–Crippen LogP) is 4.29. The molecular weight excluding hydrogens is 464 g/mol. The van der Waals surface area contributed by atoms with Gasteiger partial charge in [0.15, 0.2) is 0 Å². The van der Waals surface area contributed by atoms with E-state index in [2.05, 4.69) is 13.7 Å². The van der Waals surface area contributed by atoms with Crippen molar-refractivity contribution in [2.24, 2.45) is 0 Å². The molecule has 5 rings (SSSR count). The molecule has 0 fully saturated rings. The molecule has 0 bridgehead atoms. The zero-order valence-electron chi connectivity index (χ0n) is 17.0. The number of aryl methyl sites for hydroxylation is 1. The largest absolute Gasteiger partial charge is 0.321 e. The molecule has 0 aliphatic rings. The Morgan fingerprint density at radius 3 is 2.69 bits per heavy atom. The molecule has 7 nitrogen and oxygen atoms in total. The number of pyridine rings is 1. The number of hydrogen-bond donors (Lipinski definition) is 1. The highest BCUT2D eigenvalue weighted by Gasteiger charge is 2.29. The van der Waals surface area contributed by atoms with Crippen molar-refractivity contribution >= 4 is 55.0 Å². The molecule has 10 heteroatoms. The molecule has 162 valence electrons. The summed E-state index contributed by atoms with van der Waals surface area (Å²) in [4.78, 5) is 16.7. The number of H-pyrrole nitrogens is 1. The molecule has 0 spiro atoms. The van der Waals surface area contributed by atoms with Crippen molar-refractivity contribution in [2.45, 2.75) is 24.9 Å². The van der Waals surface area contributed by atoms with Crippen molar-refractivity contribution in [2.75, 3.05) is 0 Å². The SMILES string of the molecule is Cc1cccc2cc(CN(Cc3cccs3)S(=O)(=O)c3cccc4nsnc34)c(=O)[nH]c12. The number of aromatic nitrogens is 3. The highest BCUT2D eigenvalue weighted by Crippen LogP contribution is 2.28. The number of hydrogen-bond acceptors (Lipinski definition) is 7. The molecule has 3 heterocycles. The number of aromatic amines is 1. The van der Waals surface area contributed by atoms with E-state index in [1.807, 2.05) is 42.6 Å². The highest BCUT2D eigenvalue weighted by molar-refractivity contribution is 7.89. The van der Waals surface area contributed by atoms with Crippen molar-refractivity contribution in [3.05, 3.63) is 86.3 Å². The summed E-state index contributed by atoms with van der Waals surface area (Å²) in [5.74, 6) is 0. The fraction of sp³-hybridized carbons (Fsp3) is 0.136. The second-order valence-electron chi connectivity index (χ2n) is 7.40. The minimum absolute atomic E-state index is 0.0621. The minimum atomic E-state index is -3.96. The van der Waals surface area contributed by atoms with Crippen LogP contribution in [-0.4, -0.2) is 26.5 Å². The summed E-state index contributed by atoms with van der Waals surface area (Å²) in [6, 6.07) is 16.2. The Balaban J connectivity index is 1.62. The third-order valence-electron chi connectivity index (χ3n) is 5.29. The number of nitrogens with zero attached hydrogens (tertiary/aromatic N) is 3. The van der Waals surface area contributed by atoms with Crippen LogP contribution in [0, 0.1) is 6.92 Å². The molecule has 0 saturated heterocycles. The molecule has 1 N–H and O–H groups in total. The first-order chi connectivity index (χ1) is 15.4. The van der Waals surface area contributed by atoms with E-state index >= 15 is 0 Å². The quantitative estimate of drug-likeness (QED) is 0.389. The van der Waals surface area contributed by atoms with Crippen LogP contribution in [0.15, 0.2) is 69.7 Å². The summed E-state index contributed by atoms with van der Waals surface area (Å²) >= 11 is 2.44. The zero-order chi connectivity index (χ0) is 22.3. The maximum atomic E-state index is 13.8. The standard InChI is InChI=1S/C22H18N4O3S3/c1-14-5-2-6-15-11-16(22(27)23-20(14)15)12-26(13-17-7-4-10-30-17)32(28,29)19-9-3-8-18-21(19)25-31-24-18/h2-11H,12-13H2,1H3,(H,23,27). The predicted molar refractivity (Wildman–Crippen MR) is 127 cm³/mol.